The van der Waals surface area contributed by atoms with Gasteiger partial charge in [-0.25, -0.2) is 4.79 Å². The molecule has 0 amide bonds. The number of ether oxygens (including phenoxy) is 1. The predicted octanol–water partition coefficient (Wildman–Crippen LogP) is 2.95. The number of rotatable bonds is 3. The molecule has 1 heterocycles. The molecule has 4 heteroatoms. The Morgan fingerprint density at radius 2 is 2.00 bits per heavy atom. The number of fused-ring (bicyclic) bond motifs is 1. The second-order valence-electron chi connectivity index (χ2n) is 4.88. The third-order valence-electron chi connectivity index (χ3n) is 3.10. The lowest BCUT2D eigenvalue weighted by Gasteiger charge is -2.15. The summed E-state index contributed by atoms with van der Waals surface area (Å²) in [6.07, 6.45) is -0.103. The highest BCUT2D eigenvalue weighted by molar-refractivity contribution is 5.95. The van der Waals surface area contributed by atoms with Crippen molar-refractivity contribution in [3.8, 4) is 0 Å². The van der Waals surface area contributed by atoms with Crippen LogP contribution < -0.4 is 5.73 Å². The van der Waals surface area contributed by atoms with E-state index in [1.807, 2.05) is 32.9 Å². The molecule has 0 radical (unpaired) electrons. The van der Waals surface area contributed by atoms with Gasteiger partial charge in [0, 0.05) is 16.6 Å². The average Bonchev–Trinajstić information content (AvgIpc) is 2.71. The molecule has 0 saturated heterocycles. The maximum atomic E-state index is 11.9. The number of carbonyl (C=O) groups excluding carboxylic acids is 1. The fraction of sp³-hybridized carbons (Fsp3) is 0.357. The summed E-state index contributed by atoms with van der Waals surface area (Å²) in [5.74, 6) is -0.0278. The highest BCUT2D eigenvalue weighted by atomic mass is 16.5. The summed E-state index contributed by atoms with van der Waals surface area (Å²) in [7, 11) is 0. The lowest BCUT2D eigenvalue weighted by atomic mass is 10.1. The molecule has 0 aliphatic rings. The number of hydrogen-bond acceptors (Lipinski definition) is 3. The van der Waals surface area contributed by atoms with Crippen LogP contribution in [-0.2, 0) is 4.74 Å². The van der Waals surface area contributed by atoms with Crippen LogP contribution in [0.3, 0.4) is 0 Å². The Labute approximate surface area is 106 Å². The third kappa shape index (κ3) is 2.47. The van der Waals surface area contributed by atoms with Crippen molar-refractivity contribution < 1.29 is 9.53 Å². The Morgan fingerprint density at radius 3 is 2.67 bits per heavy atom. The SMILES string of the molecule is CC(C)C(C)OC(=O)c1cc2cc(N)ccc2[nH]1. The van der Waals surface area contributed by atoms with E-state index in [0.717, 1.165) is 10.9 Å². The van der Waals surface area contributed by atoms with E-state index < -0.39 is 0 Å². The number of H-pyrrole nitrogens is 1. The first-order chi connectivity index (χ1) is 8.47. The van der Waals surface area contributed by atoms with Crippen molar-refractivity contribution in [2.24, 2.45) is 5.92 Å². The second-order valence-corrected chi connectivity index (χ2v) is 4.88. The number of carbonyl (C=O) groups is 1. The number of nitrogens with one attached hydrogen (secondary N) is 1. The van der Waals surface area contributed by atoms with E-state index in [0.29, 0.717) is 17.3 Å². The van der Waals surface area contributed by atoms with Crippen LogP contribution >= 0.6 is 0 Å². The fourth-order valence-corrected chi connectivity index (χ4v) is 1.63. The number of aromatic nitrogens is 1. The maximum Gasteiger partial charge on any atom is 0.355 e. The first-order valence-corrected chi connectivity index (χ1v) is 6.06. The summed E-state index contributed by atoms with van der Waals surface area (Å²) in [4.78, 5) is 15.0. The predicted molar refractivity (Wildman–Crippen MR) is 72.4 cm³/mol. The van der Waals surface area contributed by atoms with Gasteiger partial charge in [-0.1, -0.05) is 13.8 Å². The van der Waals surface area contributed by atoms with Gasteiger partial charge < -0.3 is 15.5 Å². The minimum atomic E-state index is -0.328. The molecule has 1 aromatic heterocycles. The molecule has 0 fully saturated rings. The molecule has 0 bridgehead atoms. The van der Waals surface area contributed by atoms with Gasteiger partial charge in [0.05, 0.1) is 0 Å². The van der Waals surface area contributed by atoms with Gasteiger partial charge in [0.2, 0.25) is 0 Å². The molecule has 1 aromatic carbocycles. The molecule has 0 saturated carbocycles. The number of nitrogen functional groups attached to an aromatic ring is 1. The van der Waals surface area contributed by atoms with E-state index in [-0.39, 0.29) is 12.1 Å². The fourth-order valence-electron chi connectivity index (χ4n) is 1.63. The van der Waals surface area contributed by atoms with Gasteiger partial charge in [-0.3, -0.25) is 0 Å². The number of hydrogen-bond donors (Lipinski definition) is 2. The summed E-state index contributed by atoms with van der Waals surface area (Å²) in [6, 6.07) is 7.24. The first-order valence-electron chi connectivity index (χ1n) is 6.06. The van der Waals surface area contributed by atoms with Crippen LogP contribution in [0.2, 0.25) is 0 Å². The maximum absolute atomic E-state index is 11.9. The van der Waals surface area contributed by atoms with Gasteiger partial charge in [-0.15, -0.1) is 0 Å². The van der Waals surface area contributed by atoms with Crippen LogP contribution in [-0.4, -0.2) is 17.1 Å². The van der Waals surface area contributed by atoms with Crippen LogP contribution in [0.5, 0.6) is 0 Å². The van der Waals surface area contributed by atoms with Crippen molar-refractivity contribution >= 4 is 22.6 Å². The smallest absolute Gasteiger partial charge is 0.355 e. The van der Waals surface area contributed by atoms with Gasteiger partial charge in [-0.05, 0) is 37.1 Å². The Bertz CT molecular complexity index is 572. The van der Waals surface area contributed by atoms with Crippen molar-refractivity contribution in [1.29, 1.82) is 0 Å². The molecule has 2 aromatic rings. The normalized spacial score (nSPS) is 12.9. The number of nitrogens with two attached hydrogens (primary N) is 1. The topological polar surface area (TPSA) is 68.1 Å². The number of benzene rings is 1. The minimum Gasteiger partial charge on any atom is -0.458 e. The summed E-state index contributed by atoms with van der Waals surface area (Å²) in [5, 5.41) is 0.916. The van der Waals surface area contributed by atoms with Gasteiger partial charge in [-0.2, -0.15) is 0 Å². The molecule has 2 rings (SSSR count). The van der Waals surface area contributed by atoms with Gasteiger partial charge in [0.15, 0.2) is 0 Å². The summed E-state index contributed by atoms with van der Waals surface area (Å²) < 4.78 is 5.36. The highest BCUT2D eigenvalue weighted by Gasteiger charge is 2.16. The average molecular weight is 246 g/mol. The molecule has 18 heavy (non-hydrogen) atoms. The van der Waals surface area contributed by atoms with Gasteiger partial charge >= 0.3 is 5.97 Å². The minimum absolute atomic E-state index is 0.103. The van der Waals surface area contributed by atoms with Gasteiger partial charge in [0.1, 0.15) is 11.8 Å². The molecule has 1 unspecified atom stereocenters. The zero-order valence-corrected chi connectivity index (χ0v) is 10.9. The molecule has 0 aliphatic heterocycles. The second kappa shape index (κ2) is 4.72. The largest absolute Gasteiger partial charge is 0.458 e. The quantitative estimate of drug-likeness (QED) is 0.646. The molecule has 96 valence electrons. The zero-order valence-electron chi connectivity index (χ0n) is 10.9. The van der Waals surface area contributed by atoms with E-state index in [1.165, 1.54) is 0 Å². The molecule has 0 aliphatic carbocycles. The Balaban J connectivity index is 2.23. The highest BCUT2D eigenvalue weighted by Crippen LogP contribution is 2.19. The van der Waals surface area contributed by atoms with E-state index >= 15 is 0 Å². The molecule has 3 N–H and O–H groups in total. The molecule has 4 nitrogen and oxygen atoms in total. The Morgan fingerprint density at radius 1 is 1.28 bits per heavy atom. The van der Waals surface area contributed by atoms with Crippen LogP contribution in [0.15, 0.2) is 24.3 Å². The van der Waals surface area contributed by atoms with Gasteiger partial charge in [0.25, 0.3) is 0 Å². The monoisotopic (exact) mass is 246 g/mol. The summed E-state index contributed by atoms with van der Waals surface area (Å²) in [6.45, 7) is 5.93. The number of anilines is 1. The van der Waals surface area contributed by atoms with Crippen molar-refractivity contribution in [3.05, 3.63) is 30.0 Å². The van der Waals surface area contributed by atoms with Crippen LogP contribution in [0.4, 0.5) is 5.69 Å². The molecule has 1 atom stereocenters. The molecular formula is C14H18N2O2. The van der Waals surface area contributed by atoms with Crippen LogP contribution in [0.1, 0.15) is 31.3 Å². The lowest BCUT2D eigenvalue weighted by Crippen LogP contribution is -2.20. The summed E-state index contributed by atoms with van der Waals surface area (Å²) >= 11 is 0. The van der Waals surface area contributed by atoms with Crippen LogP contribution in [0.25, 0.3) is 10.9 Å². The van der Waals surface area contributed by atoms with Crippen molar-refractivity contribution in [1.82, 2.24) is 4.98 Å². The van der Waals surface area contributed by atoms with Crippen LogP contribution in [0, 0.1) is 5.92 Å². The van der Waals surface area contributed by atoms with E-state index in [1.54, 1.807) is 12.1 Å². The van der Waals surface area contributed by atoms with E-state index in [2.05, 4.69) is 4.98 Å². The molecule has 0 spiro atoms. The Kier molecular flexibility index (Phi) is 3.28. The lowest BCUT2D eigenvalue weighted by molar-refractivity contribution is 0.0232. The standard InChI is InChI=1S/C14H18N2O2/c1-8(2)9(3)18-14(17)13-7-10-6-11(15)4-5-12(10)16-13/h4-9,16H,15H2,1-3H3. The Hall–Kier alpha value is -1.97. The van der Waals surface area contributed by atoms with Crippen molar-refractivity contribution in [3.63, 3.8) is 0 Å². The molecular weight excluding hydrogens is 228 g/mol. The van der Waals surface area contributed by atoms with E-state index in [9.17, 15) is 4.79 Å². The van der Waals surface area contributed by atoms with Crippen molar-refractivity contribution in [2.45, 2.75) is 26.9 Å². The summed E-state index contributed by atoms with van der Waals surface area (Å²) in [5.41, 5.74) is 7.72. The number of esters is 1. The third-order valence-corrected chi connectivity index (χ3v) is 3.10. The van der Waals surface area contributed by atoms with E-state index in [4.69, 9.17) is 10.5 Å². The number of aromatic amines is 1. The first kappa shape index (κ1) is 12.5. The van der Waals surface area contributed by atoms with Crippen molar-refractivity contribution in [2.75, 3.05) is 5.73 Å². The zero-order chi connectivity index (χ0) is 13.3.